The fourth-order valence-corrected chi connectivity index (χ4v) is 2.73. The van der Waals surface area contributed by atoms with Gasteiger partial charge in [0.25, 0.3) is 0 Å². The zero-order chi connectivity index (χ0) is 18.5. The standard InChI is InChI=1S/C20H21N3O3/c1-3-26-20(25)17-13-18(23(22-17)16-7-5-4-6-8-16)19(24)21-15-11-9-14(2)10-12-15/h4-12,18H,3,13H2,1-2H3,(H,21,24). The van der Waals surface area contributed by atoms with Crippen molar-refractivity contribution in [3.63, 3.8) is 0 Å². The maximum Gasteiger partial charge on any atom is 0.354 e. The summed E-state index contributed by atoms with van der Waals surface area (Å²) in [6.45, 7) is 3.99. The molecule has 0 spiro atoms. The van der Waals surface area contributed by atoms with Gasteiger partial charge in [-0.15, -0.1) is 0 Å². The van der Waals surface area contributed by atoms with Crippen LogP contribution in [0.1, 0.15) is 18.9 Å². The molecule has 0 radical (unpaired) electrons. The molecule has 1 atom stereocenters. The summed E-state index contributed by atoms with van der Waals surface area (Å²) >= 11 is 0. The van der Waals surface area contributed by atoms with E-state index < -0.39 is 12.0 Å². The molecule has 0 saturated heterocycles. The summed E-state index contributed by atoms with van der Waals surface area (Å²) in [6, 6.07) is 16.3. The van der Waals surface area contributed by atoms with Crippen LogP contribution in [0.3, 0.4) is 0 Å². The first-order chi connectivity index (χ1) is 12.6. The average Bonchev–Trinajstić information content (AvgIpc) is 3.10. The van der Waals surface area contributed by atoms with E-state index in [-0.39, 0.29) is 24.6 Å². The Hall–Kier alpha value is -3.15. The Kier molecular flexibility index (Phi) is 5.31. The van der Waals surface area contributed by atoms with Crippen molar-refractivity contribution < 1.29 is 14.3 Å². The lowest BCUT2D eigenvalue weighted by atomic mass is 10.1. The SMILES string of the molecule is CCOC(=O)C1=NN(c2ccccc2)C(C(=O)Nc2ccc(C)cc2)C1. The van der Waals surface area contributed by atoms with Gasteiger partial charge < -0.3 is 10.1 Å². The highest BCUT2D eigenvalue weighted by atomic mass is 16.5. The van der Waals surface area contributed by atoms with Crippen molar-refractivity contribution in [3.05, 3.63) is 60.2 Å². The number of nitrogens with one attached hydrogen (secondary N) is 1. The first kappa shape index (κ1) is 17.7. The fourth-order valence-electron chi connectivity index (χ4n) is 2.73. The molecule has 0 aliphatic carbocycles. The second-order valence-corrected chi connectivity index (χ2v) is 6.02. The predicted molar refractivity (Wildman–Crippen MR) is 101 cm³/mol. The van der Waals surface area contributed by atoms with Crippen molar-refractivity contribution in [2.24, 2.45) is 5.10 Å². The van der Waals surface area contributed by atoms with E-state index >= 15 is 0 Å². The zero-order valence-electron chi connectivity index (χ0n) is 14.8. The van der Waals surface area contributed by atoms with Gasteiger partial charge in [0.2, 0.25) is 5.91 Å². The number of hydrazone groups is 1. The normalized spacial score (nSPS) is 16.2. The van der Waals surface area contributed by atoms with Crippen LogP contribution in [0.15, 0.2) is 59.7 Å². The Labute approximate surface area is 152 Å². The maximum atomic E-state index is 12.8. The van der Waals surface area contributed by atoms with Crippen LogP contribution in [0.5, 0.6) is 0 Å². The fraction of sp³-hybridized carbons (Fsp3) is 0.250. The summed E-state index contributed by atoms with van der Waals surface area (Å²) in [7, 11) is 0. The van der Waals surface area contributed by atoms with Crippen LogP contribution in [-0.4, -0.2) is 30.2 Å². The molecule has 6 nitrogen and oxygen atoms in total. The average molecular weight is 351 g/mol. The highest BCUT2D eigenvalue weighted by Gasteiger charge is 2.36. The van der Waals surface area contributed by atoms with Crippen LogP contribution in [0.25, 0.3) is 0 Å². The number of ether oxygens (including phenoxy) is 1. The van der Waals surface area contributed by atoms with Crippen molar-refractivity contribution in [1.82, 2.24) is 0 Å². The van der Waals surface area contributed by atoms with E-state index in [1.54, 1.807) is 11.9 Å². The second-order valence-electron chi connectivity index (χ2n) is 6.02. The number of benzene rings is 2. The van der Waals surface area contributed by atoms with Gasteiger partial charge in [-0.05, 0) is 38.1 Å². The minimum absolute atomic E-state index is 0.200. The van der Waals surface area contributed by atoms with Crippen LogP contribution in [0.4, 0.5) is 11.4 Å². The number of esters is 1. The number of nitrogens with zero attached hydrogens (tertiary/aromatic N) is 2. The van der Waals surface area contributed by atoms with E-state index in [0.29, 0.717) is 5.69 Å². The third kappa shape index (κ3) is 3.91. The summed E-state index contributed by atoms with van der Waals surface area (Å²) in [5, 5.41) is 8.83. The number of hydrogen-bond donors (Lipinski definition) is 1. The quantitative estimate of drug-likeness (QED) is 0.840. The van der Waals surface area contributed by atoms with Gasteiger partial charge in [-0.2, -0.15) is 5.10 Å². The molecule has 0 aromatic heterocycles. The molecule has 1 aliphatic rings. The number of aryl methyl sites for hydroxylation is 1. The molecule has 134 valence electrons. The molecule has 0 bridgehead atoms. The molecule has 1 N–H and O–H groups in total. The highest BCUT2D eigenvalue weighted by Crippen LogP contribution is 2.26. The molecule has 1 heterocycles. The minimum Gasteiger partial charge on any atom is -0.461 e. The Balaban J connectivity index is 1.82. The molecular formula is C20H21N3O3. The Bertz CT molecular complexity index is 816. The number of carbonyl (C=O) groups excluding carboxylic acids is 2. The van der Waals surface area contributed by atoms with Gasteiger partial charge in [0, 0.05) is 12.1 Å². The van der Waals surface area contributed by atoms with Crippen LogP contribution >= 0.6 is 0 Å². The topological polar surface area (TPSA) is 71.0 Å². The van der Waals surface area contributed by atoms with Crippen LogP contribution in [0.2, 0.25) is 0 Å². The molecule has 1 aliphatic heterocycles. The molecule has 6 heteroatoms. The predicted octanol–water partition coefficient (Wildman–Crippen LogP) is 3.13. The van der Waals surface area contributed by atoms with Gasteiger partial charge in [-0.25, -0.2) is 4.79 Å². The lowest BCUT2D eigenvalue weighted by Crippen LogP contribution is -2.38. The van der Waals surface area contributed by atoms with Gasteiger partial charge in [-0.1, -0.05) is 35.9 Å². The first-order valence-corrected chi connectivity index (χ1v) is 8.55. The third-order valence-corrected chi connectivity index (χ3v) is 4.06. The van der Waals surface area contributed by atoms with Crippen molar-refractivity contribution in [1.29, 1.82) is 0 Å². The van der Waals surface area contributed by atoms with Crippen molar-refractivity contribution in [2.45, 2.75) is 26.3 Å². The maximum absolute atomic E-state index is 12.8. The molecule has 1 amide bonds. The molecule has 0 saturated carbocycles. The van der Waals surface area contributed by atoms with E-state index in [1.165, 1.54) is 0 Å². The summed E-state index contributed by atoms with van der Waals surface area (Å²) < 4.78 is 5.04. The molecule has 2 aromatic carbocycles. The largest absolute Gasteiger partial charge is 0.461 e. The Morgan fingerprint density at radius 2 is 1.85 bits per heavy atom. The Morgan fingerprint density at radius 3 is 2.50 bits per heavy atom. The number of carbonyl (C=O) groups is 2. The van der Waals surface area contributed by atoms with Crippen LogP contribution in [0, 0.1) is 6.92 Å². The van der Waals surface area contributed by atoms with Gasteiger partial charge in [-0.3, -0.25) is 9.80 Å². The molecule has 2 aromatic rings. The van der Waals surface area contributed by atoms with Crippen molar-refractivity contribution in [3.8, 4) is 0 Å². The zero-order valence-corrected chi connectivity index (χ0v) is 14.8. The summed E-state index contributed by atoms with van der Waals surface area (Å²) in [5.74, 6) is -0.708. The van der Waals surface area contributed by atoms with Crippen molar-refractivity contribution >= 4 is 29.0 Å². The minimum atomic E-state index is -0.613. The number of hydrogen-bond acceptors (Lipinski definition) is 5. The monoisotopic (exact) mass is 351 g/mol. The number of para-hydroxylation sites is 1. The second kappa shape index (κ2) is 7.82. The molecular weight excluding hydrogens is 330 g/mol. The van der Waals surface area contributed by atoms with Crippen molar-refractivity contribution in [2.75, 3.05) is 16.9 Å². The smallest absolute Gasteiger partial charge is 0.354 e. The Morgan fingerprint density at radius 1 is 1.15 bits per heavy atom. The van der Waals surface area contributed by atoms with E-state index in [1.807, 2.05) is 61.5 Å². The highest BCUT2D eigenvalue weighted by molar-refractivity contribution is 6.38. The lowest BCUT2D eigenvalue weighted by molar-refractivity contribution is -0.135. The summed E-state index contributed by atoms with van der Waals surface area (Å²) in [5.41, 5.74) is 2.82. The molecule has 26 heavy (non-hydrogen) atoms. The molecule has 3 rings (SSSR count). The lowest BCUT2D eigenvalue weighted by Gasteiger charge is -2.22. The number of amides is 1. The van der Waals surface area contributed by atoms with Crippen LogP contribution in [-0.2, 0) is 14.3 Å². The number of anilines is 2. The van der Waals surface area contributed by atoms with E-state index in [2.05, 4.69) is 10.4 Å². The summed E-state index contributed by atoms with van der Waals surface area (Å²) in [4.78, 5) is 24.9. The number of rotatable bonds is 5. The molecule has 0 fully saturated rings. The van der Waals surface area contributed by atoms with E-state index in [0.717, 1.165) is 11.3 Å². The van der Waals surface area contributed by atoms with Gasteiger partial charge in [0.1, 0.15) is 11.8 Å². The molecule has 1 unspecified atom stereocenters. The van der Waals surface area contributed by atoms with Gasteiger partial charge in [0.15, 0.2) is 0 Å². The van der Waals surface area contributed by atoms with Gasteiger partial charge >= 0.3 is 5.97 Å². The van der Waals surface area contributed by atoms with Gasteiger partial charge in [0.05, 0.1) is 12.3 Å². The van der Waals surface area contributed by atoms with E-state index in [4.69, 9.17) is 4.74 Å². The first-order valence-electron chi connectivity index (χ1n) is 8.55. The summed E-state index contributed by atoms with van der Waals surface area (Å²) in [6.07, 6.45) is 0.200. The van der Waals surface area contributed by atoms with E-state index in [9.17, 15) is 9.59 Å². The third-order valence-electron chi connectivity index (χ3n) is 4.06. The van der Waals surface area contributed by atoms with Crippen LogP contribution < -0.4 is 10.3 Å².